The highest BCUT2D eigenvalue weighted by atomic mass is 15.0. The zero-order valence-electron chi connectivity index (χ0n) is 10.8. The minimum atomic E-state index is 0.947. The molecule has 0 bridgehead atoms. The first-order valence-electron chi connectivity index (χ1n) is 6.18. The highest BCUT2D eigenvalue weighted by Gasteiger charge is 2.09. The summed E-state index contributed by atoms with van der Waals surface area (Å²) in [6.07, 6.45) is 0. The largest absolute Gasteiger partial charge is 0.318 e. The van der Waals surface area contributed by atoms with Crippen LogP contribution in [0.25, 0.3) is 5.69 Å². The average Bonchev–Trinajstić information content (AvgIpc) is 2.63. The third-order valence-corrected chi connectivity index (χ3v) is 3.12. The van der Waals surface area contributed by atoms with Gasteiger partial charge in [0.05, 0.1) is 0 Å². The van der Waals surface area contributed by atoms with E-state index in [1.54, 1.807) is 0 Å². The molecule has 2 aromatic rings. The van der Waals surface area contributed by atoms with Crippen molar-refractivity contribution in [3.8, 4) is 5.69 Å². The summed E-state index contributed by atoms with van der Waals surface area (Å²) in [5.74, 6) is 0. The van der Waals surface area contributed by atoms with Crippen LogP contribution in [0.5, 0.6) is 0 Å². The van der Waals surface area contributed by atoms with Gasteiger partial charge in [-0.2, -0.15) is 0 Å². The Hall–Kier alpha value is -1.54. The molecule has 2 nitrogen and oxygen atoms in total. The van der Waals surface area contributed by atoms with Crippen molar-refractivity contribution in [2.75, 3.05) is 6.54 Å². The molecule has 0 saturated carbocycles. The number of nitrogens with zero attached hydrogens (tertiary/aromatic N) is 1. The number of aryl methyl sites for hydroxylation is 1. The van der Waals surface area contributed by atoms with Gasteiger partial charge in [0.2, 0.25) is 0 Å². The van der Waals surface area contributed by atoms with Gasteiger partial charge in [-0.3, -0.25) is 0 Å². The Balaban J connectivity index is 2.38. The van der Waals surface area contributed by atoms with Crippen molar-refractivity contribution in [1.82, 2.24) is 9.88 Å². The molecule has 0 aliphatic carbocycles. The molecular formula is C15H20N2. The van der Waals surface area contributed by atoms with Gasteiger partial charge >= 0.3 is 0 Å². The Kier molecular flexibility index (Phi) is 3.64. The molecule has 1 N–H and O–H groups in total. The summed E-state index contributed by atoms with van der Waals surface area (Å²) in [5, 5.41) is 3.38. The van der Waals surface area contributed by atoms with E-state index in [0.29, 0.717) is 0 Å². The van der Waals surface area contributed by atoms with Crippen LogP contribution in [0.1, 0.15) is 23.9 Å². The Morgan fingerprint density at radius 2 is 1.82 bits per heavy atom. The minimum absolute atomic E-state index is 0.947. The summed E-state index contributed by atoms with van der Waals surface area (Å²) in [4.78, 5) is 0. The second-order valence-corrected chi connectivity index (χ2v) is 4.35. The van der Waals surface area contributed by atoms with E-state index in [4.69, 9.17) is 0 Å². The number of nitrogens with one attached hydrogen (secondary N) is 1. The van der Waals surface area contributed by atoms with E-state index in [1.165, 1.54) is 22.6 Å². The predicted molar refractivity (Wildman–Crippen MR) is 72.6 cm³/mol. The van der Waals surface area contributed by atoms with Crippen molar-refractivity contribution in [1.29, 1.82) is 0 Å². The third-order valence-electron chi connectivity index (χ3n) is 3.12. The van der Waals surface area contributed by atoms with Crippen LogP contribution in [0.15, 0.2) is 36.4 Å². The van der Waals surface area contributed by atoms with Gasteiger partial charge in [0.1, 0.15) is 0 Å². The van der Waals surface area contributed by atoms with E-state index >= 15 is 0 Å². The standard InChI is InChI=1S/C15H20N2/c1-4-16-11-14-10-12(2)17(13(14)3)15-8-6-5-7-9-15/h5-10,16H,4,11H2,1-3H3. The SMILES string of the molecule is CCNCc1cc(C)n(-c2ccccc2)c1C. The maximum absolute atomic E-state index is 3.38. The molecule has 2 rings (SSSR count). The Bertz CT molecular complexity index is 483. The van der Waals surface area contributed by atoms with E-state index in [0.717, 1.165) is 13.1 Å². The molecule has 0 aliphatic rings. The monoisotopic (exact) mass is 228 g/mol. The Morgan fingerprint density at radius 3 is 2.47 bits per heavy atom. The molecule has 0 amide bonds. The van der Waals surface area contributed by atoms with E-state index in [1.807, 2.05) is 0 Å². The number of aromatic nitrogens is 1. The van der Waals surface area contributed by atoms with Crippen LogP contribution in [0.3, 0.4) is 0 Å². The fraction of sp³-hybridized carbons (Fsp3) is 0.333. The molecule has 0 radical (unpaired) electrons. The van der Waals surface area contributed by atoms with Crippen LogP contribution < -0.4 is 5.32 Å². The molecule has 0 spiro atoms. The van der Waals surface area contributed by atoms with Gasteiger partial charge < -0.3 is 9.88 Å². The molecule has 1 aromatic carbocycles. The fourth-order valence-electron chi connectivity index (χ4n) is 2.24. The first-order chi connectivity index (χ1) is 8.24. The summed E-state index contributed by atoms with van der Waals surface area (Å²) in [6.45, 7) is 8.44. The van der Waals surface area contributed by atoms with Crippen LogP contribution in [-0.2, 0) is 6.54 Å². The maximum atomic E-state index is 3.38. The summed E-state index contributed by atoms with van der Waals surface area (Å²) in [7, 11) is 0. The molecule has 1 aromatic heterocycles. The van der Waals surface area contributed by atoms with Crippen molar-refractivity contribution >= 4 is 0 Å². The number of rotatable bonds is 4. The van der Waals surface area contributed by atoms with Crippen LogP contribution in [0, 0.1) is 13.8 Å². The van der Waals surface area contributed by atoms with Crippen molar-refractivity contribution in [3.05, 3.63) is 53.3 Å². The summed E-state index contributed by atoms with van der Waals surface area (Å²) in [5.41, 5.74) is 5.25. The topological polar surface area (TPSA) is 17.0 Å². The molecule has 2 heteroatoms. The van der Waals surface area contributed by atoms with Crippen LogP contribution in [0.4, 0.5) is 0 Å². The van der Waals surface area contributed by atoms with Crippen molar-refractivity contribution < 1.29 is 0 Å². The van der Waals surface area contributed by atoms with E-state index in [2.05, 4.69) is 67.1 Å². The summed E-state index contributed by atoms with van der Waals surface area (Å²) >= 11 is 0. The Labute approximate surface area is 103 Å². The van der Waals surface area contributed by atoms with Crippen molar-refractivity contribution in [3.63, 3.8) is 0 Å². The second-order valence-electron chi connectivity index (χ2n) is 4.35. The normalized spacial score (nSPS) is 10.8. The van der Waals surface area contributed by atoms with Gasteiger partial charge in [0.25, 0.3) is 0 Å². The van der Waals surface area contributed by atoms with Crippen LogP contribution in [0.2, 0.25) is 0 Å². The van der Waals surface area contributed by atoms with E-state index in [9.17, 15) is 0 Å². The van der Waals surface area contributed by atoms with Crippen molar-refractivity contribution in [2.45, 2.75) is 27.3 Å². The number of hydrogen-bond acceptors (Lipinski definition) is 1. The second kappa shape index (κ2) is 5.19. The molecule has 0 unspecified atom stereocenters. The van der Waals surface area contributed by atoms with Crippen LogP contribution >= 0.6 is 0 Å². The molecule has 0 atom stereocenters. The highest BCUT2D eigenvalue weighted by molar-refractivity contribution is 5.40. The highest BCUT2D eigenvalue weighted by Crippen LogP contribution is 2.20. The molecule has 1 heterocycles. The molecular weight excluding hydrogens is 208 g/mol. The van der Waals surface area contributed by atoms with Gasteiger partial charge in [-0.25, -0.2) is 0 Å². The lowest BCUT2D eigenvalue weighted by molar-refractivity contribution is 0.722. The first-order valence-corrected chi connectivity index (χ1v) is 6.18. The lowest BCUT2D eigenvalue weighted by atomic mass is 10.2. The number of benzene rings is 1. The zero-order valence-corrected chi connectivity index (χ0v) is 10.8. The quantitative estimate of drug-likeness (QED) is 0.850. The lowest BCUT2D eigenvalue weighted by Crippen LogP contribution is -2.12. The molecule has 90 valence electrons. The molecule has 17 heavy (non-hydrogen) atoms. The average molecular weight is 228 g/mol. The smallest absolute Gasteiger partial charge is 0.0455 e. The van der Waals surface area contributed by atoms with Crippen LogP contribution in [-0.4, -0.2) is 11.1 Å². The van der Waals surface area contributed by atoms with Gasteiger partial charge in [-0.15, -0.1) is 0 Å². The Morgan fingerprint density at radius 1 is 1.12 bits per heavy atom. The summed E-state index contributed by atoms with van der Waals surface area (Å²) in [6, 6.07) is 12.8. The number of hydrogen-bond donors (Lipinski definition) is 1. The maximum Gasteiger partial charge on any atom is 0.0455 e. The predicted octanol–water partition coefficient (Wildman–Crippen LogP) is 3.20. The van der Waals surface area contributed by atoms with E-state index in [-0.39, 0.29) is 0 Å². The van der Waals surface area contributed by atoms with Gasteiger partial charge in [-0.1, -0.05) is 25.1 Å². The number of para-hydroxylation sites is 1. The summed E-state index contributed by atoms with van der Waals surface area (Å²) < 4.78 is 2.31. The third kappa shape index (κ3) is 2.42. The van der Waals surface area contributed by atoms with Crippen molar-refractivity contribution in [2.24, 2.45) is 0 Å². The lowest BCUT2D eigenvalue weighted by Gasteiger charge is -2.09. The van der Waals surface area contributed by atoms with Gasteiger partial charge in [0, 0.05) is 23.6 Å². The van der Waals surface area contributed by atoms with E-state index < -0.39 is 0 Å². The molecule has 0 aliphatic heterocycles. The minimum Gasteiger partial charge on any atom is -0.318 e. The fourth-order valence-corrected chi connectivity index (χ4v) is 2.24. The molecule has 0 fully saturated rings. The first kappa shape index (κ1) is 11.9. The zero-order chi connectivity index (χ0) is 12.3. The molecule has 0 saturated heterocycles. The van der Waals surface area contributed by atoms with Gasteiger partial charge in [0.15, 0.2) is 0 Å². The van der Waals surface area contributed by atoms with Gasteiger partial charge in [-0.05, 0) is 44.2 Å².